The molecule has 0 aliphatic heterocycles. The van der Waals surface area contributed by atoms with Crippen LogP contribution in [0.2, 0.25) is 0 Å². The highest BCUT2D eigenvalue weighted by Gasteiger charge is 2.21. The first kappa shape index (κ1) is 19.4. The van der Waals surface area contributed by atoms with Crippen molar-refractivity contribution >= 4 is 35.0 Å². The van der Waals surface area contributed by atoms with Gasteiger partial charge in [-0.3, -0.25) is 19.7 Å². The van der Waals surface area contributed by atoms with Gasteiger partial charge in [0.15, 0.2) is 0 Å². The smallest absolute Gasteiger partial charge is 0.305 e. The zero-order valence-electron chi connectivity index (χ0n) is 14.1. The number of carbonyl (C=O) groups is 2. The maximum Gasteiger partial charge on any atom is 0.305 e. The number of nitro benzene ring substituents is 1. The molecule has 0 radical (unpaired) electrons. The summed E-state index contributed by atoms with van der Waals surface area (Å²) < 4.78 is 13.4. The molecule has 0 bridgehead atoms. The van der Waals surface area contributed by atoms with Crippen LogP contribution in [0, 0.1) is 15.9 Å². The van der Waals surface area contributed by atoms with Crippen LogP contribution in [0.1, 0.15) is 10.4 Å². The molecule has 0 unspecified atom stereocenters. The summed E-state index contributed by atoms with van der Waals surface area (Å²) in [4.78, 5) is 36.4. The number of carbonyl (C=O) groups excluding carboxylic acids is 2. The maximum absolute atomic E-state index is 13.4. The van der Waals surface area contributed by atoms with Crippen molar-refractivity contribution in [3.63, 3.8) is 0 Å². The van der Waals surface area contributed by atoms with Gasteiger partial charge in [-0.25, -0.2) is 0 Å². The second-order valence-electron chi connectivity index (χ2n) is 5.33. The predicted octanol–water partition coefficient (Wildman–Crippen LogP) is 3.17. The zero-order valence-corrected chi connectivity index (χ0v) is 14.9. The zero-order chi connectivity index (χ0) is 19.3. The molecule has 0 saturated heterocycles. The van der Waals surface area contributed by atoms with E-state index in [0.29, 0.717) is 5.69 Å². The van der Waals surface area contributed by atoms with Gasteiger partial charge in [0.25, 0.3) is 5.91 Å². The highest BCUT2D eigenvalue weighted by Crippen LogP contribution is 2.24. The first-order valence-corrected chi connectivity index (χ1v) is 8.68. The number of rotatable bonds is 6. The molecule has 1 N–H and O–H groups in total. The molecule has 136 valence electrons. The van der Waals surface area contributed by atoms with E-state index in [1.54, 1.807) is 12.1 Å². The maximum atomic E-state index is 13.4. The fraction of sp³-hybridized carbons (Fsp3) is 0.176. The lowest BCUT2D eigenvalue weighted by molar-refractivity contribution is -0.387. The minimum absolute atomic E-state index is 0.0714. The summed E-state index contributed by atoms with van der Waals surface area (Å²) in [5.41, 5.74) is -0.233. The summed E-state index contributed by atoms with van der Waals surface area (Å²) >= 11 is 1.47. The van der Waals surface area contributed by atoms with Gasteiger partial charge in [-0.1, -0.05) is 12.1 Å². The monoisotopic (exact) mass is 377 g/mol. The lowest BCUT2D eigenvalue weighted by atomic mass is 10.1. The fourth-order valence-corrected chi connectivity index (χ4v) is 2.78. The van der Waals surface area contributed by atoms with Gasteiger partial charge in [-0.15, -0.1) is 11.8 Å². The molecule has 0 heterocycles. The summed E-state index contributed by atoms with van der Waals surface area (Å²) in [5, 5.41) is 13.5. The molecule has 2 amide bonds. The molecular weight excluding hydrogens is 361 g/mol. The Bertz CT molecular complexity index is 860. The van der Waals surface area contributed by atoms with E-state index in [9.17, 15) is 24.1 Å². The molecule has 2 aromatic carbocycles. The van der Waals surface area contributed by atoms with Crippen LogP contribution in [0.4, 0.5) is 15.8 Å². The third kappa shape index (κ3) is 4.57. The van der Waals surface area contributed by atoms with E-state index in [-0.39, 0.29) is 12.1 Å². The van der Waals surface area contributed by atoms with Crippen molar-refractivity contribution < 1.29 is 18.9 Å². The van der Waals surface area contributed by atoms with Crippen molar-refractivity contribution in [1.29, 1.82) is 0 Å². The molecule has 0 atom stereocenters. The highest BCUT2D eigenvalue weighted by molar-refractivity contribution is 7.98. The van der Waals surface area contributed by atoms with Gasteiger partial charge in [0.2, 0.25) is 11.7 Å². The number of hydrogen-bond donors (Lipinski definition) is 1. The van der Waals surface area contributed by atoms with Crippen molar-refractivity contribution in [1.82, 2.24) is 4.90 Å². The lowest BCUT2D eigenvalue weighted by Gasteiger charge is -2.17. The summed E-state index contributed by atoms with van der Waals surface area (Å²) in [6.45, 7) is -0.257. The van der Waals surface area contributed by atoms with Crippen LogP contribution in [0.3, 0.4) is 0 Å². The van der Waals surface area contributed by atoms with Crippen LogP contribution in [-0.4, -0.2) is 41.5 Å². The number of amides is 2. The van der Waals surface area contributed by atoms with E-state index in [4.69, 9.17) is 0 Å². The number of benzene rings is 2. The highest BCUT2D eigenvalue weighted by atomic mass is 32.2. The third-order valence-electron chi connectivity index (χ3n) is 3.50. The minimum Gasteiger partial charge on any atom is -0.332 e. The molecule has 0 aliphatic carbocycles. The normalized spacial score (nSPS) is 10.3. The van der Waals surface area contributed by atoms with Gasteiger partial charge in [0.05, 0.1) is 17.2 Å². The average molecular weight is 377 g/mol. The number of nitrogens with one attached hydrogen (secondary N) is 1. The number of nitrogens with zero attached hydrogens (tertiary/aromatic N) is 2. The Labute approximate surface area is 153 Å². The van der Waals surface area contributed by atoms with Gasteiger partial charge in [-0.2, -0.15) is 4.39 Å². The van der Waals surface area contributed by atoms with Gasteiger partial charge >= 0.3 is 5.69 Å². The average Bonchev–Trinajstić information content (AvgIpc) is 2.61. The molecule has 0 aromatic heterocycles. The number of para-hydroxylation sites is 1. The lowest BCUT2D eigenvalue weighted by Crippen LogP contribution is -2.35. The van der Waals surface area contributed by atoms with Crippen LogP contribution >= 0.6 is 11.8 Å². The number of nitro groups is 1. The van der Waals surface area contributed by atoms with Crippen LogP contribution in [0.15, 0.2) is 47.4 Å². The van der Waals surface area contributed by atoms with E-state index in [1.807, 2.05) is 18.4 Å². The molecule has 0 saturated carbocycles. The van der Waals surface area contributed by atoms with E-state index in [1.165, 1.54) is 18.8 Å². The van der Waals surface area contributed by atoms with Gasteiger partial charge in [-0.05, 0) is 30.5 Å². The fourth-order valence-electron chi connectivity index (χ4n) is 2.23. The SMILES string of the molecule is CSc1ccccc1NC(=O)CN(C)C(=O)c1ccc(F)c([N+](=O)[O-])c1. The molecule has 26 heavy (non-hydrogen) atoms. The first-order valence-electron chi connectivity index (χ1n) is 7.45. The number of likely N-dealkylation sites (N-methyl/N-ethyl adjacent to an activating group) is 1. The van der Waals surface area contributed by atoms with Crippen molar-refractivity contribution in [2.75, 3.05) is 25.2 Å². The van der Waals surface area contributed by atoms with Gasteiger partial charge in [0, 0.05) is 23.6 Å². The van der Waals surface area contributed by atoms with Crippen molar-refractivity contribution in [3.8, 4) is 0 Å². The van der Waals surface area contributed by atoms with Crippen LogP contribution < -0.4 is 5.32 Å². The molecule has 7 nitrogen and oxygen atoms in total. The molecule has 2 aromatic rings. The van der Waals surface area contributed by atoms with Crippen molar-refractivity contribution in [3.05, 3.63) is 64.0 Å². The molecule has 0 aliphatic rings. The van der Waals surface area contributed by atoms with E-state index >= 15 is 0 Å². The standard InChI is InChI=1S/C17H16FN3O4S/c1-20(10-16(22)19-13-5-3-4-6-15(13)26-2)17(23)11-7-8-12(18)14(9-11)21(24)25/h3-9H,10H2,1-2H3,(H,19,22). The Hall–Kier alpha value is -2.94. The quantitative estimate of drug-likeness (QED) is 0.474. The Morgan fingerprint density at radius 3 is 2.62 bits per heavy atom. The summed E-state index contributed by atoms with van der Waals surface area (Å²) in [6, 6.07) is 10.1. The van der Waals surface area contributed by atoms with Gasteiger partial charge in [0.1, 0.15) is 0 Å². The number of halogens is 1. The Morgan fingerprint density at radius 1 is 1.27 bits per heavy atom. The van der Waals surface area contributed by atoms with E-state index in [0.717, 1.165) is 28.0 Å². The summed E-state index contributed by atoms with van der Waals surface area (Å²) in [5.74, 6) is -2.07. The van der Waals surface area contributed by atoms with Crippen molar-refractivity contribution in [2.45, 2.75) is 4.90 Å². The number of hydrogen-bond acceptors (Lipinski definition) is 5. The molecule has 2 rings (SSSR count). The van der Waals surface area contributed by atoms with Crippen LogP contribution in [-0.2, 0) is 4.79 Å². The second-order valence-corrected chi connectivity index (χ2v) is 6.18. The Balaban J connectivity index is 2.08. The Kier molecular flexibility index (Phi) is 6.29. The topological polar surface area (TPSA) is 92.6 Å². The Morgan fingerprint density at radius 2 is 1.96 bits per heavy atom. The van der Waals surface area contributed by atoms with Crippen LogP contribution in [0.25, 0.3) is 0 Å². The first-order chi connectivity index (χ1) is 12.3. The molecule has 0 fully saturated rings. The van der Waals surface area contributed by atoms with E-state index < -0.39 is 28.2 Å². The summed E-state index contributed by atoms with van der Waals surface area (Å²) in [6.07, 6.45) is 1.88. The predicted molar refractivity (Wildman–Crippen MR) is 96.9 cm³/mol. The largest absolute Gasteiger partial charge is 0.332 e. The van der Waals surface area contributed by atoms with Crippen LogP contribution in [0.5, 0.6) is 0 Å². The summed E-state index contributed by atoms with van der Waals surface area (Å²) in [7, 11) is 1.39. The van der Waals surface area contributed by atoms with Gasteiger partial charge < -0.3 is 10.2 Å². The molecule has 0 spiro atoms. The third-order valence-corrected chi connectivity index (χ3v) is 4.29. The minimum atomic E-state index is -1.03. The molecule has 9 heteroatoms. The molecular formula is C17H16FN3O4S. The van der Waals surface area contributed by atoms with E-state index in [2.05, 4.69) is 5.32 Å². The van der Waals surface area contributed by atoms with Crippen molar-refractivity contribution in [2.24, 2.45) is 0 Å². The second kappa shape index (κ2) is 8.43. The number of thioether (sulfide) groups is 1. The number of anilines is 1.